The van der Waals surface area contributed by atoms with Gasteiger partial charge in [-0.25, -0.2) is 4.79 Å². The van der Waals surface area contributed by atoms with Crippen molar-refractivity contribution in [3.63, 3.8) is 0 Å². The quantitative estimate of drug-likeness (QED) is 0.593. The van der Waals surface area contributed by atoms with Gasteiger partial charge in [-0.05, 0) is 11.6 Å². The average Bonchev–Trinajstić information content (AvgIpc) is 2.51. The van der Waals surface area contributed by atoms with Crippen molar-refractivity contribution in [3.05, 3.63) is 42.0 Å². The first-order chi connectivity index (χ1) is 9.55. The largest absolute Gasteiger partial charge is 0.509 e. The first kappa shape index (κ1) is 16.4. The van der Waals surface area contributed by atoms with Gasteiger partial charge in [-0.2, -0.15) is 0 Å². The topological polar surface area (TPSA) is 71.1 Å². The number of carbonyl (C=O) groups is 1. The van der Waals surface area contributed by atoms with Crippen LogP contribution in [0.15, 0.2) is 36.4 Å². The smallest absolute Gasteiger partial charge is 0.438 e. The van der Waals surface area contributed by atoms with Gasteiger partial charge in [0.25, 0.3) is 0 Å². The summed E-state index contributed by atoms with van der Waals surface area (Å²) >= 11 is 0. The maximum atomic E-state index is 12.3. The zero-order chi connectivity index (χ0) is 15.0. The molecule has 1 aromatic rings. The fraction of sp³-hybridized carbons (Fsp3) is 0.308. The Balaban J connectivity index is 2.96. The molecule has 0 aromatic heterocycles. The maximum absolute atomic E-state index is 12.3. The Morgan fingerprint density at radius 2 is 1.75 bits per heavy atom. The van der Waals surface area contributed by atoms with E-state index in [1.54, 1.807) is 6.08 Å². The molecule has 0 aliphatic heterocycles. The number of rotatable bonds is 6. The molecule has 0 fully saturated rings. The standard InChI is InChI=1S/C13H17O6P/c1-16-13(14)19-12(20(15,17-2)18-3)10-9-11-7-5-4-6-8-11/h4-10,12H,1-3H3/b10-9+/t12-/m1/s1. The highest BCUT2D eigenvalue weighted by Crippen LogP contribution is 2.52. The van der Waals surface area contributed by atoms with Gasteiger partial charge in [0.15, 0.2) is 0 Å². The van der Waals surface area contributed by atoms with Crippen LogP contribution in [0.4, 0.5) is 4.79 Å². The third-order valence-corrected chi connectivity index (χ3v) is 4.38. The zero-order valence-electron chi connectivity index (χ0n) is 11.5. The Labute approximate surface area is 117 Å². The predicted octanol–water partition coefficient (Wildman–Crippen LogP) is 3.29. The molecule has 0 heterocycles. The normalized spacial score (nSPS) is 13.2. The molecule has 0 spiro atoms. The summed E-state index contributed by atoms with van der Waals surface area (Å²) in [5.41, 5.74) is 0.852. The summed E-state index contributed by atoms with van der Waals surface area (Å²) in [6.07, 6.45) is 2.11. The molecule has 1 aromatic carbocycles. The van der Waals surface area contributed by atoms with Crippen LogP contribution in [0.1, 0.15) is 5.56 Å². The molecule has 0 aliphatic rings. The lowest BCUT2D eigenvalue weighted by Crippen LogP contribution is -2.18. The second-order valence-electron chi connectivity index (χ2n) is 3.64. The van der Waals surface area contributed by atoms with E-state index in [1.165, 1.54) is 20.3 Å². The van der Waals surface area contributed by atoms with Crippen LogP contribution in [0, 0.1) is 0 Å². The third-order valence-electron chi connectivity index (χ3n) is 2.46. The van der Waals surface area contributed by atoms with Crippen LogP contribution in [0.25, 0.3) is 6.08 Å². The Morgan fingerprint density at radius 3 is 2.25 bits per heavy atom. The number of hydrogen-bond donors (Lipinski definition) is 0. The van der Waals surface area contributed by atoms with Gasteiger partial charge in [0.1, 0.15) is 0 Å². The van der Waals surface area contributed by atoms with Crippen molar-refractivity contribution >= 4 is 19.8 Å². The minimum atomic E-state index is -3.61. The first-order valence-electron chi connectivity index (χ1n) is 5.74. The number of carbonyl (C=O) groups excluding carboxylic acids is 1. The molecule has 1 rings (SSSR count). The van der Waals surface area contributed by atoms with Crippen molar-refractivity contribution in [2.45, 2.75) is 5.85 Å². The van der Waals surface area contributed by atoms with E-state index < -0.39 is 19.6 Å². The molecule has 110 valence electrons. The second-order valence-corrected chi connectivity index (χ2v) is 5.96. The van der Waals surface area contributed by atoms with Crippen LogP contribution in [-0.2, 0) is 23.1 Å². The molecule has 0 aliphatic carbocycles. The third kappa shape index (κ3) is 4.49. The van der Waals surface area contributed by atoms with Crippen molar-refractivity contribution in [1.29, 1.82) is 0 Å². The highest BCUT2D eigenvalue weighted by Gasteiger charge is 2.35. The molecular formula is C13H17O6P. The molecule has 0 saturated carbocycles. The van der Waals surface area contributed by atoms with Gasteiger partial charge in [0.2, 0.25) is 5.85 Å². The van der Waals surface area contributed by atoms with E-state index in [2.05, 4.69) is 4.74 Å². The lowest BCUT2D eigenvalue weighted by molar-refractivity contribution is 0.0628. The number of hydrogen-bond acceptors (Lipinski definition) is 6. The molecule has 0 bridgehead atoms. The lowest BCUT2D eigenvalue weighted by atomic mass is 10.2. The monoisotopic (exact) mass is 300 g/mol. The summed E-state index contributed by atoms with van der Waals surface area (Å²) in [6.45, 7) is 0. The molecule has 0 saturated heterocycles. The fourth-order valence-corrected chi connectivity index (χ4v) is 2.47. The Kier molecular flexibility index (Phi) is 6.45. The molecule has 0 amide bonds. The molecule has 1 atom stereocenters. The highest BCUT2D eigenvalue weighted by molar-refractivity contribution is 7.54. The number of methoxy groups -OCH3 is 1. The van der Waals surface area contributed by atoms with E-state index in [0.717, 1.165) is 12.7 Å². The van der Waals surface area contributed by atoms with Gasteiger partial charge in [0.05, 0.1) is 7.11 Å². The summed E-state index contributed by atoms with van der Waals surface area (Å²) in [5.74, 6) is -1.19. The molecule has 0 radical (unpaired) electrons. The summed E-state index contributed by atoms with van der Waals surface area (Å²) in [6, 6.07) is 9.26. The van der Waals surface area contributed by atoms with E-state index in [1.807, 2.05) is 30.3 Å². The summed E-state index contributed by atoms with van der Waals surface area (Å²) in [4.78, 5) is 11.2. The van der Waals surface area contributed by atoms with E-state index in [-0.39, 0.29) is 0 Å². The van der Waals surface area contributed by atoms with Crippen molar-refractivity contribution in [3.8, 4) is 0 Å². The van der Waals surface area contributed by atoms with Crippen molar-refractivity contribution < 1.29 is 27.9 Å². The Morgan fingerprint density at radius 1 is 1.15 bits per heavy atom. The van der Waals surface area contributed by atoms with Gasteiger partial charge in [0, 0.05) is 14.2 Å². The van der Waals surface area contributed by atoms with Crippen molar-refractivity contribution in [1.82, 2.24) is 0 Å². The Bertz CT molecular complexity index is 491. The predicted molar refractivity (Wildman–Crippen MR) is 74.4 cm³/mol. The second kappa shape index (κ2) is 7.85. The summed E-state index contributed by atoms with van der Waals surface area (Å²) < 4.78 is 31.3. The number of benzene rings is 1. The van der Waals surface area contributed by atoms with Crippen LogP contribution >= 0.6 is 7.60 Å². The van der Waals surface area contributed by atoms with Crippen molar-refractivity contribution in [2.24, 2.45) is 0 Å². The first-order valence-corrected chi connectivity index (χ1v) is 7.36. The SMILES string of the molecule is COC(=O)O[C@@H](/C=C/c1ccccc1)P(=O)(OC)OC. The molecule has 7 heteroatoms. The highest BCUT2D eigenvalue weighted by atomic mass is 31.2. The van der Waals surface area contributed by atoms with Gasteiger partial charge in [-0.15, -0.1) is 0 Å². The Hall–Kier alpha value is -1.62. The van der Waals surface area contributed by atoms with Crippen LogP contribution in [-0.4, -0.2) is 33.3 Å². The van der Waals surface area contributed by atoms with Crippen LogP contribution < -0.4 is 0 Å². The molecule has 0 N–H and O–H groups in total. The summed E-state index contributed by atoms with van der Waals surface area (Å²) in [5, 5.41) is 0. The van der Waals surface area contributed by atoms with E-state index >= 15 is 0 Å². The van der Waals surface area contributed by atoms with Crippen LogP contribution in [0.2, 0.25) is 0 Å². The number of ether oxygens (including phenoxy) is 2. The maximum Gasteiger partial charge on any atom is 0.509 e. The van der Waals surface area contributed by atoms with Gasteiger partial charge in [-0.3, -0.25) is 4.57 Å². The molecule has 6 nitrogen and oxygen atoms in total. The van der Waals surface area contributed by atoms with E-state index in [9.17, 15) is 9.36 Å². The minimum Gasteiger partial charge on any atom is -0.438 e. The van der Waals surface area contributed by atoms with Gasteiger partial charge >= 0.3 is 13.8 Å². The van der Waals surface area contributed by atoms with Crippen molar-refractivity contribution in [2.75, 3.05) is 21.3 Å². The molecule has 20 heavy (non-hydrogen) atoms. The van der Waals surface area contributed by atoms with Gasteiger partial charge < -0.3 is 18.5 Å². The zero-order valence-corrected chi connectivity index (χ0v) is 12.4. The van der Waals surface area contributed by atoms with E-state index in [4.69, 9.17) is 13.8 Å². The van der Waals surface area contributed by atoms with Gasteiger partial charge in [-0.1, -0.05) is 36.4 Å². The average molecular weight is 300 g/mol. The summed E-state index contributed by atoms with van der Waals surface area (Å²) in [7, 11) is -0.0145. The van der Waals surface area contributed by atoms with E-state index in [0.29, 0.717) is 0 Å². The van der Waals surface area contributed by atoms with Crippen LogP contribution in [0.5, 0.6) is 0 Å². The van der Waals surface area contributed by atoms with Crippen LogP contribution in [0.3, 0.4) is 0 Å². The molecular weight excluding hydrogens is 283 g/mol. The minimum absolute atomic E-state index is 0.852. The lowest BCUT2D eigenvalue weighted by Gasteiger charge is -2.20. The molecule has 0 unspecified atom stereocenters. The fourth-order valence-electron chi connectivity index (χ4n) is 1.40.